The van der Waals surface area contributed by atoms with E-state index in [1.54, 1.807) is 0 Å². The monoisotopic (exact) mass is 332 g/mol. The van der Waals surface area contributed by atoms with Crippen LogP contribution in [0.3, 0.4) is 0 Å². The SMILES string of the molecule is CCN(CCCN(C)C)c1ccc(CBr)c(Cl)c1. The van der Waals surface area contributed by atoms with Crippen LogP contribution in [-0.4, -0.2) is 38.6 Å². The smallest absolute Gasteiger partial charge is 0.0467 e. The Kier molecular flexibility index (Phi) is 7.05. The van der Waals surface area contributed by atoms with E-state index in [1.807, 2.05) is 0 Å². The standard InChI is InChI=1S/C14H22BrClN2/c1-4-18(9-5-8-17(2)3)13-7-6-12(11-15)14(16)10-13/h6-7,10H,4-5,8-9,11H2,1-3H3. The number of anilines is 1. The van der Waals surface area contributed by atoms with Crippen molar-refractivity contribution in [1.82, 2.24) is 4.90 Å². The predicted molar refractivity (Wildman–Crippen MR) is 85.1 cm³/mol. The van der Waals surface area contributed by atoms with E-state index in [0.717, 1.165) is 35.6 Å². The highest BCUT2D eigenvalue weighted by Gasteiger charge is 2.07. The van der Waals surface area contributed by atoms with Gasteiger partial charge in [0, 0.05) is 29.1 Å². The van der Waals surface area contributed by atoms with Crippen molar-refractivity contribution in [3.05, 3.63) is 28.8 Å². The van der Waals surface area contributed by atoms with Gasteiger partial charge in [-0.3, -0.25) is 0 Å². The van der Waals surface area contributed by atoms with Crippen molar-refractivity contribution in [3.8, 4) is 0 Å². The summed E-state index contributed by atoms with van der Waals surface area (Å²) < 4.78 is 0. The molecule has 0 unspecified atom stereocenters. The Morgan fingerprint density at radius 1 is 1.22 bits per heavy atom. The number of rotatable bonds is 7. The Hall–Kier alpha value is -0.250. The summed E-state index contributed by atoms with van der Waals surface area (Å²) >= 11 is 9.69. The van der Waals surface area contributed by atoms with E-state index < -0.39 is 0 Å². The molecular formula is C14H22BrClN2. The third-order valence-corrected chi connectivity index (χ3v) is 3.92. The van der Waals surface area contributed by atoms with E-state index in [4.69, 9.17) is 11.6 Å². The zero-order valence-electron chi connectivity index (χ0n) is 11.4. The zero-order valence-corrected chi connectivity index (χ0v) is 13.8. The maximum atomic E-state index is 6.25. The highest BCUT2D eigenvalue weighted by molar-refractivity contribution is 9.08. The van der Waals surface area contributed by atoms with Crippen LogP contribution in [0.25, 0.3) is 0 Å². The third-order valence-electron chi connectivity index (χ3n) is 2.96. The molecule has 0 fully saturated rings. The minimum atomic E-state index is 0.804. The van der Waals surface area contributed by atoms with Gasteiger partial charge in [-0.1, -0.05) is 33.6 Å². The van der Waals surface area contributed by atoms with Crippen LogP contribution >= 0.6 is 27.5 Å². The quantitative estimate of drug-likeness (QED) is 0.696. The summed E-state index contributed by atoms with van der Waals surface area (Å²) in [5, 5.41) is 1.65. The highest BCUT2D eigenvalue weighted by atomic mass is 79.9. The molecule has 0 saturated carbocycles. The van der Waals surface area contributed by atoms with E-state index >= 15 is 0 Å². The summed E-state index contributed by atoms with van der Waals surface area (Å²) in [5.41, 5.74) is 2.36. The van der Waals surface area contributed by atoms with Crippen molar-refractivity contribution in [3.63, 3.8) is 0 Å². The number of nitrogens with zero attached hydrogens (tertiary/aromatic N) is 2. The Bertz CT molecular complexity index is 369. The minimum Gasteiger partial charge on any atom is -0.372 e. The molecular weight excluding hydrogens is 312 g/mol. The normalized spacial score (nSPS) is 11.0. The van der Waals surface area contributed by atoms with Gasteiger partial charge in [-0.15, -0.1) is 0 Å². The van der Waals surface area contributed by atoms with E-state index in [1.165, 1.54) is 12.1 Å². The zero-order chi connectivity index (χ0) is 13.5. The first-order chi connectivity index (χ1) is 8.58. The highest BCUT2D eigenvalue weighted by Crippen LogP contribution is 2.25. The molecule has 0 bridgehead atoms. The van der Waals surface area contributed by atoms with Gasteiger partial charge in [0.1, 0.15) is 0 Å². The molecule has 0 amide bonds. The predicted octanol–water partition coefficient (Wildman–Crippen LogP) is 4.01. The molecule has 0 saturated heterocycles. The van der Waals surface area contributed by atoms with Gasteiger partial charge in [-0.2, -0.15) is 0 Å². The lowest BCUT2D eigenvalue weighted by atomic mass is 10.2. The summed E-state index contributed by atoms with van der Waals surface area (Å²) in [6.45, 7) is 5.38. The number of halogens is 2. The van der Waals surface area contributed by atoms with Crippen molar-refractivity contribution >= 4 is 33.2 Å². The van der Waals surface area contributed by atoms with Gasteiger partial charge < -0.3 is 9.80 Å². The largest absolute Gasteiger partial charge is 0.372 e. The van der Waals surface area contributed by atoms with Crippen LogP contribution < -0.4 is 4.90 Å². The van der Waals surface area contributed by atoms with Gasteiger partial charge in [-0.25, -0.2) is 0 Å². The number of alkyl halides is 1. The number of hydrogen-bond acceptors (Lipinski definition) is 2. The van der Waals surface area contributed by atoms with Gasteiger partial charge >= 0.3 is 0 Å². The van der Waals surface area contributed by atoms with Crippen LogP contribution in [0.2, 0.25) is 5.02 Å². The second kappa shape index (κ2) is 8.03. The molecule has 0 heterocycles. The first-order valence-corrected chi connectivity index (χ1v) is 7.82. The molecule has 0 N–H and O–H groups in total. The second-order valence-corrected chi connectivity index (χ2v) is 5.61. The van der Waals surface area contributed by atoms with Gasteiger partial charge in [0.2, 0.25) is 0 Å². The van der Waals surface area contributed by atoms with Crippen LogP contribution in [0.5, 0.6) is 0 Å². The van der Waals surface area contributed by atoms with E-state index in [2.05, 4.69) is 64.9 Å². The lowest BCUT2D eigenvalue weighted by molar-refractivity contribution is 0.400. The molecule has 0 radical (unpaired) electrons. The first kappa shape index (κ1) is 15.8. The molecule has 102 valence electrons. The second-order valence-electron chi connectivity index (χ2n) is 4.65. The molecule has 0 aliphatic rings. The Morgan fingerprint density at radius 3 is 2.44 bits per heavy atom. The fourth-order valence-electron chi connectivity index (χ4n) is 1.89. The summed E-state index contributed by atoms with van der Waals surface area (Å²) in [6.07, 6.45) is 1.17. The van der Waals surface area contributed by atoms with Crippen molar-refractivity contribution in [2.75, 3.05) is 38.6 Å². The van der Waals surface area contributed by atoms with Gasteiger partial charge in [0.05, 0.1) is 0 Å². The number of benzene rings is 1. The molecule has 0 aromatic heterocycles. The Labute approximate surface area is 124 Å². The molecule has 1 aromatic carbocycles. The Morgan fingerprint density at radius 2 is 1.94 bits per heavy atom. The average Bonchev–Trinajstić information content (AvgIpc) is 2.34. The van der Waals surface area contributed by atoms with E-state index in [0.29, 0.717) is 0 Å². The lowest BCUT2D eigenvalue weighted by Gasteiger charge is -2.24. The van der Waals surface area contributed by atoms with Crippen LogP contribution in [-0.2, 0) is 5.33 Å². The van der Waals surface area contributed by atoms with E-state index in [9.17, 15) is 0 Å². The van der Waals surface area contributed by atoms with Crippen molar-refractivity contribution < 1.29 is 0 Å². The molecule has 0 atom stereocenters. The van der Waals surface area contributed by atoms with Crippen molar-refractivity contribution in [1.29, 1.82) is 0 Å². The molecule has 1 aromatic rings. The van der Waals surface area contributed by atoms with Crippen LogP contribution in [0.15, 0.2) is 18.2 Å². The van der Waals surface area contributed by atoms with Crippen LogP contribution in [0.4, 0.5) is 5.69 Å². The molecule has 0 spiro atoms. The lowest BCUT2D eigenvalue weighted by Crippen LogP contribution is -2.27. The van der Waals surface area contributed by atoms with E-state index in [-0.39, 0.29) is 0 Å². The van der Waals surface area contributed by atoms with Gasteiger partial charge in [0.25, 0.3) is 0 Å². The summed E-state index contributed by atoms with van der Waals surface area (Å²) in [4.78, 5) is 4.59. The number of hydrogen-bond donors (Lipinski definition) is 0. The molecule has 18 heavy (non-hydrogen) atoms. The molecule has 1 rings (SSSR count). The maximum absolute atomic E-state index is 6.25. The summed E-state index contributed by atoms with van der Waals surface area (Å²) in [5.74, 6) is 0. The molecule has 2 nitrogen and oxygen atoms in total. The third kappa shape index (κ3) is 4.79. The Balaban J connectivity index is 2.67. The fourth-order valence-corrected chi connectivity index (χ4v) is 2.78. The molecule has 0 aliphatic carbocycles. The van der Waals surface area contributed by atoms with Crippen LogP contribution in [0.1, 0.15) is 18.9 Å². The maximum Gasteiger partial charge on any atom is 0.0467 e. The van der Waals surface area contributed by atoms with Crippen molar-refractivity contribution in [2.24, 2.45) is 0 Å². The van der Waals surface area contributed by atoms with Gasteiger partial charge in [0.15, 0.2) is 0 Å². The molecule has 4 heteroatoms. The fraction of sp³-hybridized carbons (Fsp3) is 0.571. The average molecular weight is 334 g/mol. The van der Waals surface area contributed by atoms with Crippen molar-refractivity contribution in [2.45, 2.75) is 18.7 Å². The minimum absolute atomic E-state index is 0.804. The topological polar surface area (TPSA) is 6.48 Å². The summed E-state index contributed by atoms with van der Waals surface area (Å²) in [6, 6.07) is 6.32. The molecule has 0 aliphatic heterocycles. The first-order valence-electron chi connectivity index (χ1n) is 6.32. The van der Waals surface area contributed by atoms with Gasteiger partial charge in [-0.05, 0) is 51.7 Å². The van der Waals surface area contributed by atoms with Crippen LogP contribution in [0, 0.1) is 0 Å². The summed E-state index contributed by atoms with van der Waals surface area (Å²) in [7, 11) is 4.22.